The molecule has 1 N–H and O–H groups in total. The first kappa shape index (κ1) is 9.26. The zero-order chi connectivity index (χ0) is 9.69. The molecule has 0 heterocycles. The van der Waals surface area contributed by atoms with Gasteiger partial charge in [-0.05, 0) is 36.0 Å². The summed E-state index contributed by atoms with van der Waals surface area (Å²) >= 11 is 0. The molecule has 0 radical (unpaired) electrons. The maximum atomic E-state index is 9.00. The van der Waals surface area contributed by atoms with Gasteiger partial charge in [0, 0.05) is 6.61 Å². The topological polar surface area (TPSA) is 20.2 Å². The number of hydrogen-bond acceptors (Lipinski definition) is 1. The van der Waals surface area contributed by atoms with Gasteiger partial charge in [0.1, 0.15) is 0 Å². The molecule has 1 saturated carbocycles. The molecule has 0 aromatic heterocycles. The molecule has 13 heavy (non-hydrogen) atoms. The lowest BCUT2D eigenvalue weighted by Crippen LogP contribution is -2.30. The van der Waals surface area contributed by atoms with Crippen LogP contribution in [0.25, 0.3) is 0 Å². The van der Waals surface area contributed by atoms with E-state index >= 15 is 0 Å². The number of hydrogen-bond donors (Lipinski definition) is 1. The molecule has 1 nitrogen and oxygen atoms in total. The minimum atomic E-state index is 0.310. The first-order chi connectivity index (χ1) is 6.02. The van der Waals surface area contributed by atoms with Crippen LogP contribution in [-0.4, -0.2) is 11.7 Å². The molecule has 2 aliphatic rings. The van der Waals surface area contributed by atoms with Crippen LogP contribution in [0, 0.1) is 16.7 Å². The van der Waals surface area contributed by atoms with E-state index in [0.717, 1.165) is 12.3 Å². The molecule has 0 saturated heterocycles. The van der Waals surface area contributed by atoms with E-state index in [0.29, 0.717) is 17.4 Å². The summed E-state index contributed by atoms with van der Waals surface area (Å²) in [6.45, 7) is 7.45. The van der Waals surface area contributed by atoms with Crippen LogP contribution in [0.3, 0.4) is 0 Å². The molecule has 2 atom stereocenters. The smallest absolute Gasteiger partial charge is 0.0468 e. The molecule has 1 fully saturated rings. The van der Waals surface area contributed by atoms with Gasteiger partial charge in [-0.15, -0.1) is 0 Å². The van der Waals surface area contributed by atoms with Crippen molar-refractivity contribution in [2.75, 3.05) is 6.61 Å². The first-order valence-electron chi connectivity index (χ1n) is 5.34. The second-order valence-electron chi connectivity index (χ2n) is 5.36. The van der Waals surface area contributed by atoms with Crippen molar-refractivity contribution in [2.45, 2.75) is 40.0 Å². The van der Waals surface area contributed by atoms with Gasteiger partial charge < -0.3 is 5.11 Å². The molecule has 2 bridgehead atoms. The van der Waals surface area contributed by atoms with E-state index in [2.05, 4.69) is 26.8 Å². The van der Waals surface area contributed by atoms with E-state index in [1.54, 1.807) is 0 Å². The van der Waals surface area contributed by atoms with E-state index < -0.39 is 0 Å². The SMILES string of the molecule is CC1(C)[C@H]2C=C(CCO)[C@@]1(C)CC2. The molecule has 0 spiro atoms. The Morgan fingerprint density at radius 3 is 2.54 bits per heavy atom. The van der Waals surface area contributed by atoms with Crippen molar-refractivity contribution in [3.8, 4) is 0 Å². The number of rotatable bonds is 2. The Labute approximate surface area is 80.8 Å². The lowest BCUT2D eigenvalue weighted by molar-refractivity contribution is 0.162. The Balaban J connectivity index is 2.32. The van der Waals surface area contributed by atoms with Crippen molar-refractivity contribution in [1.29, 1.82) is 0 Å². The summed E-state index contributed by atoms with van der Waals surface area (Å²) in [6.07, 6.45) is 5.98. The minimum Gasteiger partial charge on any atom is -0.396 e. The molecule has 0 aromatic carbocycles. The van der Waals surface area contributed by atoms with Crippen LogP contribution >= 0.6 is 0 Å². The predicted octanol–water partition coefficient (Wildman–Crippen LogP) is 2.75. The van der Waals surface area contributed by atoms with Gasteiger partial charge in [-0.25, -0.2) is 0 Å². The highest BCUT2D eigenvalue weighted by Gasteiger charge is 2.56. The summed E-state index contributed by atoms with van der Waals surface area (Å²) in [4.78, 5) is 0. The van der Waals surface area contributed by atoms with Crippen LogP contribution < -0.4 is 0 Å². The third-order valence-corrected chi connectivity index (χ3v) is 4.80. The Kier molecular flexibility index (Phi) is 1.85. The zero-order valence-electron chi connectivity index (χ0n) is 8.93. The summed E-state index contributed by atoms with van der Waals surface area (Å²) in [5.41, 5.74) is 2.31. The monoisotopic (exact) mass is 180 g/mol. The van der Waals surface area contributed by atoms with Crippen molar-refractivity contribution >= 4 is 0 Å². The lowest BCUT2D eigenvalue weighted by Gasteiger charge is -2.37. The third kappa shape index (κ3) is 0.969. The molecule has 0 aliphatic heterocycles. The summed E-state index contributed by atoms with van der Waals surface area (Å²) < 4.78 is 0. The average molecular weight is 180 g/mol. The van der Waals surface area contributed by atoms with Crippen molar-refractivity contribution in [3.63, 3.8) is 0 Å². The Bertz CT molecular complexity index is 252. The Morgan fingerprint density at radius 1 is 1.46 bits per heavy atom. The van der Waals surface area contributed by atoms with Crippen LogP contribution in [0.2, 0.25) is 0 Å². The number of allylic oxidation sites excluding steroid dienone is 1. The van der Waals surface area contributed by atoms with Crippen LogP contribution in [0.5, 0.6) is 0 Å². The van der Waals surface area contributed by atoms with Crippen molar-refractivity contribution in [2.24, 2.45) is 16.7 Å². The molecule has 0 aromatic rings. The lowest BCUT2D eigenvalue weighted by atomic mass is 9.67. The molecule has 1 heteroatoms. The largest absolute Gasteiger partial charge is 0.396 e. The summed E-state index contributed by atoms with van der Waals surface area (Å²) in [6, 6.07) is 0. The molecule has 0 amide bonds. The van der Waals surface area contributed by atoms with E-state index in [-0.39, 0.29) is 0 Å². The highest BCUT2D eigenvalue weighted by molar-refractivity contribution is 5.31. The molecular weight excluding hydrogens is 160 g/mol. The maximum absolute atomic E-state index is 9.00. The average Bonchev–Trinajstić information content (AvgIpc) is 2.37. The van der Waals surface area contributed by atoms with Gasteiger partial charge in [0.25, 0.3) is 0 Å². The van der Waals surface area contributed by atoms with Gasteiger partial charge in [-0.2, -0.15) is 0 Å². The molecule has 74 valence electrons. The first-order valence-corrected chi connectivity index (χ1v) is 5.34. The standard InChI is InChI=1S/C12H20O/c1-11(2)9-4-6-12(11,3)10(8-9)5-7-13/h8-9,13H,4-7H2,1-3H3/t9-,12-/m1/s1. The highest BCUT2D eigenvalue weighted by atomic mass is 16.2. The van der Waals surface area contributed by atoms with E-state index in [9.17, 15) is 0 Å². The Morgan fingerprint density at radius 2 is 2.15 bits per heavy atom. The minimum absolute atomic E-state index is 0.310. The van der Waals surface area contributed by atoms with Gasteiger partial charge in [-0.1, -0.05) is 32.4 Å². The normalized spacial score (nSPS) is 40.9. The third-order valence-electron chi connectivity index (χ3n) is 4.80. The summed E-state index contributed by atoms with van der Waals surface area (Å²) in [5.74, 6) is 0.763. The molecular formula is C12H20O. The van der Waals surface area contributed by atoms with Crippen LogP contribution in [0.4, 0.5) is 0 Å². The van der Waals surface area contributed by atoms with Crippen LogP contribution in [-0.2, 0) is 0 Å². The van der Waals surface area contributed by atoms with Gasteiger partial charge in [0.15, 0.2) is 0 Å². The number of fused-ring (bicyclic) bond motifs is 2. The zero-order valence-corrected chi connectivity index (χ0v) is 8.93. The number of aliphatic hydroxyl groups excluding tert-OH is 1. The number of aliphatic hydroxyl groups is 1. The second kappa shape index (κ2) is 2.60. The van der Waals surface area contributed by atoms with E-state index in [4.69, 9.17) is 5.11 Å². The molecule has 2 aliphatic carbocycles. The predicted molar refractivity (Wildman–Crippen MR) is 54.4 cm³/mol. The molecule has 2 rings (SSSR count). The summed E-state index contributed by atoms with van der Waals surface area (Å²) in [5, 5.41) is 9.00. The fourth-order valence-electron chi connectivity index (χ4n) is 3.31. The van der Waals surface area contributed by atoms with Crippen molar-refractivity contribution in [3.05, 3.63) is 11.6 Å². The van der Waals surface area contributed by atoms with Gasteiger partial charge >= 0.3 is 0 Å². The Hall–Kier alpha value is -0.300. The fourth-order valence-corrected chi connectivity index (χ4v) is 3.31. The second-order valence-corrected chi connectivity index (χ2v) is 5.36. The van der Waals surface area contributed by atoms with E-state index in [1.807, 2.05) is 0 Å². The molecule has 0 unspecified atom stereocenters. The van der Waals surface area contributed by atoms with Crippen molar-refractivity contribution < 1.29 is 5.11 Å². The van der Waals surface area contributed by atoms with Crippen molar-refractivity contribution in [1.82, 2.24) is 0 Å². The van der Waals surface area contributed by atoms with Gasteiger partial charge in [-0.3, -0.25) is 0 Å². The van der Waals surface area contributed by atoms with Crippen LogP contribution in [0.1, 0.15) is 40.0 Å². The fraction of sp³-hybridized carbons (Fsp3) is 0.833. The van der Waals surface area contributed by atoms with E-state index in [1.165, 1.54) is 18.4 Å². The van der Waals surface area contributed by atoms with Crippen LogP contribution in [0.15, 0.2) is 11.6 Å². The highest BCUT2D eigenvalue weighted by Crippen LogP contribution is 2.65. The maximum Gasteiger partial charge on any atom is 0.0468 e. The quantitative estimate of drug-likeness (QED) is 0.648. The summed E-state index contributed by atoms with van der Waals surface area (Å²) in [7, 11) is 0. The van der Waals surface area contributed by atoms with Gasteiger partial charge in [0.05, 0.1) is 0 Å². The van der Waals surface area contributed by atoms with Gasteiger partial charge in [0.2, 0.25) is 0 Å².